The molecule has 0 aromatic carbocycles. The molecule has 1 aromatic rings. The molecule has 0 aliphatic carbocycles. The number of hydrogen-bond donors (Lipinski definition) is 1. The Morgan fingerprint density at radius 1 is 1.39 bits per heavy atom. The highest BCUT2D eigenvalue weighted by Crippen LogP contribution is 2.22. The van der Waals surface area contributed by atoms with E-state index >= 15 is 0 Å². The highest BCUT2D eigenvalue weighted by molar-refractivity contribution is 5.47. The van der Waals surface area contributed by atoms with Crippen molar-refractivity contribution in [3.8, 4) is 0 Å². The molecule has 100 valence electrons. The van der Waals surface area contributed by atoms with Crippen LogP contribution in [-0.4, -0.2) is 36.8 Å². The second-order valence-corrected chi connectivity index (χ2v) is 4.39. The molecule has 0 unspecified atom stereocenters. The van der Waals surface area contributed by atoms with E-state index in [1.807, 2.05) is 0 Å². The Morgan fingerprint density at radius 3 is 3.06 bits per heavy atom. The van der Waals surface area contributed by atoms with E-state index in [1.165, 1.54) is 0 Å². The molecule has 18 heavy (non-hydrogen) atoms. The van der Waals surface area contributed by atoms with Crippen molar-refractivity contribution in [3.05, 3.63) is 17.1 Å². The van der Waals surface area contributed by atoms with Crippen molar-refractivity contribution in [2.24, 2.45) is 0 Å². The Morgan fingerprint density at radius 2 is 2.28 bits per heavy atom. The van der Waals surface area contributed by atoms with Crippen LogP contribution in [0.5, 0.6) is 0 Å². The third kappa shape index (κ3) is 3.17. The first kappa shape index (κ1) is 13.2. The molecule has 0 saturated heterocycles. The standard InChI is InChI=1S/C13H21N3O2/c1-3-6-14-13-10-9-18-8-4-11(10)15-12(16-13)5-7-17-2/h3-9H2,1-2H3,(H,14,15,16). The lowest BCUT2D eigenvalue weighted by atomic mass is 10.1. The molecule has 2 heterocycles. The molecule has 0 radical (unpaired) electrons. The van der Waals surface area contributed by atoms with Gasteiger partial charge in [-0.15, -0.1) is 0 Å². The number of ether oxygens (including phenoxy) is 2. The Bertz CT molecular complexity index is 396. The van der Waals surface area contributed by atoms with Crippen LogP contribution in [0.3, 0.4) is 0 Å². The Kier molecular flexibility index (Phi) is 4.90. The summed E-state index contributed by atoms with van der Waals surface area (Å²) in [4.78, 5) is 9.19. The summed E-state index contributed by atoms with van der Waals surface area (Å²) in [6.07, 6.45) is 2.71. The molecule has 0 fully saturated rings. The molecule has 0 bridgehead atoms. The van der Waals surface area contributed by atoms with Crippen LogP contribution in [0.15, 0.2) is 0 Å². The van der Waals surface area contributed by atoms with Crippen molar-refractivity contribution < 1.29 is 9.47 Å². The fourth-order valence-electron chi connectivity index (χ4n) is 1.98. The minimum absolute atomic E-state index is 0.617. The first-order chi connectivity index (χ1) is 8.85. The van der Waals surface area contributed by atoms with Crippen LogP contribution in [-0.2, 0) is 28.9 Å². The van der Waals surface area contributed by atoms with Crippen LogP contribution in [0.1, 0.15) is 30.4 Å². The summed E-state index contributed by atoms with van der Waals surface area (Å²) in [5, 5.41) is 3.37. The van der Waals surface area contributed by atoms with Crippen molar-refractivity contribution >= 4 is 5.82 Å². The predicted molar refractivity (Wildman–Crippen MR) is 69.8 cm³/mol. The smallest absolute Gasteiger partial charge is 0.135 e. The molecular formula is C13H21N3O2. The molecule has 0 amide bonds. The number of anilines is 1. The average molecular weight is 251 g/mol. The van der Waals surface area contributed by atoms with Crippen molar-refractivity contribution in [1.29, 1.82) is 0 Å². The largest absolute Gasteiger partial charge is 0.384 e. The van der Waals surface area contributed by atoms with Gasteiger partial charge in [0.25, 0.3) is 0 Å². The summed E-state index contributed by atoms with van der Waals surface area (Å²) in [6.45, 7) is 5.09. The fraction of sp³-hybridized carbons (Fsp3) is 0.692. The van der Waals surface area contributed by atoms with Gasteiger partial charge in [0, 0.05) is 32.1 Å². The molecule has 5 heteroatoms. The Balaban J connectivity index is 2.22. The minimum atomic E-state index is 0.617. The van der Waals surface area contributed by atoms with Gasteiger partial charge in [0.15, 0.2) is 0 Å². The van der Waals surface area contributed by atoms with E-state index in [0.29, 0.717) is 13.2 Å². The SMILES string of the molecule is CCCNc1nc(CCOC)nc2c1COCC2. The molecule has 1 aromatic heterocycles. The highest BCUT2D eigenvalue weighted by Gasteiger charge is 2.17. The fourth-order valence-corrected chi connectivity index (χ4v) is 1.98. The maximum Gasteiger partial charge on any atom is 0.135 e. The highest BCUT2D eigenvalue weighted by atomic mass is 16.5. The Labute approximate surface area is 108 Å². The number of aromatic nitrogens is 2. The van der Waals surface area contributed by atoms with E-state index in [1.54, 1.807) is 7.11 Å². The van der Waals surface area contributed by atoms with E-state index in [-0.39, 0.29) is 0 Å². The average Bonchev–Trinajstić information content (AvgIpc) is 2.42. The predicted octanol–water partition coefficient (Wildman–Crippen LogP) is 1.56. The summed E-state index contributed by atoms with van der Waals surface area (Å²) in [5.41, 5.74) is 2.25. The monoisotopic (exact) mass is 251 g/mol. The lowest BCUT2D eigenvalue weighted by Crippen LogP contribution is -2.19. The van der Waals surface area contributed by atoms with Gasteiger partial charge in [-0.3, -0.25) is 0 Å². The first-order valence-corrected chi connectivity index (χ1v) is 6.54. The topological polar surface area (TPSA) is 56.3 Å². The van der Waals surface area contributed by atoms with E-state index in [0.717, 1.165) is 55.3 Å². The van der Waals surface area contributed by atoms with Crippen molar-refractivity contribution in [3.63, 3.8) is 0 Å². The summed E-state index contributed by atoms with van der Waals surface area (Å²) in [6, 6.07) is 0. The molecule has 0 saturated carbocycles. The minimum Gasteiger partial charge on any atom is -0.384 e. The van der Waals surface area contributed by atoms with Crippen molar-refractivity contribution in [1.82, 2.24) is 9.97 Å². The number of fused-ring (bicyclic) bond motifs is 1. The van der Waals surface area contributed by atoms with Gasteiger partial charge >= 0.3 is 0 Å². The van der Waals surface area contributed by atoms with E-state index in [9.17, 15) is 0 Å². The molecule has 0 spiro atoms. The summed E-state index contributed by atoms with van der Waals surface area (Å²) < 4.78 is 10.6. The molecule has 2 rings (SSSR count). The van der Waals surface area contributed by atoms with Crippen LogP contribution >= 0.6 is 0 Å². The zero-order valence-electron chi connectivity index (χ0n) is 11.2. The molecule has 1 N–H and O–H groups in total. The van der Waals surface area contributed by atoms with Gasteiger partial charge in [0.2, 0.25) is 0 Å². The quantitative estimate of drug-likeness (QED) is 0.831. The van der Waals surface area contributed by atoms with Gasteiger partial charge in [-0.05, 0) is 6.42 Å². The number of rotatable bonds is 6. The van der Waals surface area contributed by atoms with Crippen molar-refractivity contribution in [2.45, 2.75) is 32.8 Å². The molecule has 0 atom stereocenters. The Hall–Kier alpha value is -1.20. The number of hydrogen-bond acceptors (Lipinski definition) is 5. The molecular weight excluding hydrogens is 230 g/mol. The molecule has 1 aliphatic heterocycles. The normalized spacial score (nSPS) is 14.3. The lowest BCUT2D eigenvalue weighted by Gasteiger charge is -2.20. The third-order valence-electron chi connectivity index (χ3n) is 2.94. The van der Waals surface area contributed by atoms with Crippen LogP contribution in [0.25, 0.3) is 0 Å². The maximum atomic E-state index is 5.49. The second kappa shape index (κ2) is 6.66. The third-order valence-corrected chi connectivity index (χ3v) is 2.94. The summed E-state index contributed by atoms with van der Waals surface area (Å²) >= 11 is 0. The first-order valence-electron chi connectivity index (χ1n) is 6.54. The summed E-state index contributed by atoms with van der Waals surface area (Å²) in [5.74, 6) is 1.80. The second-order valence-electron chi connectivity index (χ2n) is 4.39. The maximum absolute atomic E-state index is 5.49. The van der Waals surface area contributed by atoms with Gasteiger partial charge < -0.3 is 14.8 Å². The van der Waals surface area contributed by atoms with Crippen LogP contribution in [0.2, 0.25) is 0 Å². The van der Waals surface area contributed by atoms with Gasteiger partial charge in [0.05, 0.1) is 25.5 Å². The van der Waals surface area contributed by atoms with Crippen LogP contribution in [0, 0.1) is 0 Å². The summed E-state index contributed by atoms with van der Waals surface area (Å²) in [7, 11) is 1.70. The van der Waals surface area contributed by atoms with Gasteiger partial charge in [-0.1, -0.05) is 6.92 Å². The van der Waals surface area contributed by atoms with Crippen LogP contribution < -0.4 is 5.32 Å². The van der Waals surface area contributed by atoms with Gasteiger partial charge in [-0.25, -0.2) is 9.97 Å². The van der Waals surface area contributed by atoms with E-state index in [2.05, 4.69) is 22.2 Å². The zero-order valence-corrected chi connectivity index (χ0v) is 11.2. The number of nitrogens with zero attached hydrogens (tertiary/aromatic N) is 2. The van der Waals surface area contributed by atoms with Crippen molar-refractivity contribution in [2.75, 3.05) is 32.2 Å². The van der Waals surface area contributed by atoms with Gasteiger partial charge in [-0.2, -0.15) is 0 Å². The van der Waals surface area contributed by atoms with Crippen LogP contribution in [0.4, 0.5) is 5.82 Å². The lowest BCUT2D eigenvalue weighted by molar-refractivity contribution is 0.109. The van der Waals surface area contributed by atoms with E-state index in [4.69, 9.17) is 9.47 Å². The number of methoxy groups -OCH3 is 1. The van der Waals surface area contributed by atoms with Gasteiger partial charge in [0.1, 0.15) is 11.6 Å². The zero-order chi connectivity index (χ0) is 12.8. The molecule has 5 nitrogen and oxygen atoms in total. The molecule has 1 aliphatic rings. The van der Waals surface area contributed by atoms with E-state index < -0.39 is 0 Å². The number of nitrogens with one attached hydrogen (secondary N) is 1.